The van der Waals surface area contributed by atoms with Crippen LogP contribution in [0.2, 0.25) is 0 Å². The van der Waals surface area contributed by atoms with Gasteiger partial charge in [0.1, 0.15) is 0 Å². The van der Waals surface area contributed by atoms with Gasteiger partial charge in [-0.25, -0.2) is 0 Å². The predicted molar refractivity (Wildman–Crippen MR) is 80.8 cm³/mol. The second-order valence-corrected chi connectivity index (χ2v) is 6.47. The van der Waals surface area contributed by atoms with Gasteiger partial charge in [0.05, 0.1) is 5.92 Å². The highest BCUT2D eigenvalue weighted by Gasteiger charge is 2.32. The molecule has 3 nitrogen and oxygen atoms in total. The Morgan fingerprint density at radius 2 is 2.21 bits per heavy atom. The molecule has 1 fully saturated rings. The normalized spacial score (nSPS) is 25.5. The minimum atomic E-state index is 0.0352. The lowest BCUT2D eigenvalue weighted by Crippen LogP contribution is -2.41. The van der Waals surface area contributed by atoms with E-state index in [0.717, 1.165) is 36.4 Å². The molecule has 2 aliphatic rings. The lowest BCUT2D eigenvalue weighted by atomic mass is 9.89. The van der Waals surface area contributed by atoms with E-state index >= 15 is 0 Å². The van der Waals surface area contributed by atoms with Crippen molar-refractivity contribution in [2.75, 3.05) is 30.4 Å². The SMILES string of the molecule is CN(C(=O)C1CCNc2ccccc21)C1CCSC1. The maximum Gasteiger partial charge on any atom is 0.230 e. The number of nitrogens with one attached hydrogen (secondary N) is 1. The van der Waals surface area contributed by atoms with Crippen LogP contribution < -0.4 is 5.32 Å². The summed E-state index contributed by atoms with van der Waals surface area (Å²) in [4.78, 5) is 14.7. The van der Waals surface area contributed by atoms with Crippen LogP contribution in [0.15, 0.2) is 24.3 Å². The second kappa shape index (κ2) is 5.45. The molecule has 1 amide bonds. The number of benzene rings is 1. The summed E-state index contributed by atoms with van der Waals surface area (Å²) >= 11 is 1.95. The molecule has 4 heteroatoms. The van der Waals surface area contributed by atoms with Crippen molar-refractivity contribution in [3.05, 3.63) is 29.8 Å². The van der Waals surface area contributed by atoms with Crippen molar-refractivity contribution in [1.29, 1.82) is 0 Å². The topological polar surface area (TPSA) is 32.3 Å². The summed E-state index contributed by atoms with van der Waals surface area (Å²) in [5.74, 6) is 2.61. The van der Waals surface area contributed by atoms with Crippen molar-refractivity contribution in [1.82, 2.24) is 4.90 Å². The summed E-state index contributed by atoms with van der Waals surface area (Å²) < 4.78 is 0. The van der Waals surface area contributed by atoms with Gasteiger partial charge in [-0.05, 0) is 30.2 Å². The number of rotatable bonds is 2. The summed E-state index contributed by atoms with van der Waals surface area (Å²) in [6, 6.07) is 8.63. The Balaban J connectivity index is 1.80. The Hall–Kier alpha value is -1.16. The van der Waals surface area contributed by atoms with E-state index < -0.39 is 0 Å². The van der Waals surface area contributed by atoms with Gasteiger partial charge in [-0.3, -0.25) is 4.79 Å². The average Bonchev–Trinajstić information content (AvgIpc) is 2.99. The summed E-state index contributed by atoms with van der Waals surface area (Å²) in [6.07, 6.45) is 2.04. The summed E-state index contributed by atoms with van der Waals surface area (Å²) in [6.45, 7) is 0.890. The van der Waals surface area contributed by atoms with Gasteiger partial charge in [0.15, 0.2) is 0 Å². The van der Waals surface area contributed by atoms with E-state index in [9.17, 15) is 4.79 Å². The molecule has 1 aromatic rings. The zero-order chi connectivity index (χ0) is 13.2. The minimum Gasteiger partial charge on any atom is -0.385 e. The monoisotopic (exact) mass is 276 g/mol. The summed E-state index contributed by atoms with van der Waals surface area (Å²) in [5.41, 5.74) is 2.29. The Kier molecular flexibility index (Phi) is 3.69. The third kappa shape index (κ3) is 2.46. The molecular weight excluding hydrogens is 256 g/mol. The minimum absolute atomic E-state index is 0.0352. The molecule has 102 valence electrons. The van der Waals surface area contributed by atoms with E-state index in [4.69, 9.17) is 0 Å². The van der Waals surface area contributed by atoms with Crippen molar-refractivity contribution in [3.63, 3.8) is 0 Å². The molecule has 0 aliphatic carbocycles. The van der Waals surface area contributed by atoms with E-state index in [2.05, 4.69) is 17.4 Å². The number of hydrogen-bond donors (Lipinski definition) is 1. The molecule has 0 saturated carbocycles. The fourth-order valence-corrected chi connectivity index (χ4v) is 4.25. The fraction of sp³-hybridized carbons (Fsp3) is 0.533. The molecule has 2 atom stereocenters. The molecule has 1 saturated heterocycles. The number of anilines is 1. The van der Waals surface area contributed by atoms with Crippen molar-refractivity contribution < 1.29 is 4.79 Å². The highest BCUT2D eigenvalue weighted by atomic mass is 32.2. The lowest BCUT2D eigenvalue weighted by Gasteiger charge is -2.32. The van der Waals surface area contributed by atoms with Gasteiger partial charge in [0.25, 0.3) is 0 Å². The van der Waals surface area contributed by atoms with Gasteiger partial charge >= 0.3 is 0 Å². The summed E-state index contributed by atoms with van der Waals surface area (Å²) in [7, 11) is 1.98. The fourth-order valence-electron chi connectivity index (χ4n) is 2.98. The van der Waals surface area contributed by atoms with Crippen molar-refractivity contribution in [2.45, 2.75) is 24.8 Å². The van der Waals surface area contributed by atoms with Gasteiger partial charge in [-0.15, -0.1) is 0 Å². The number of carbonyl (C=O) groups is 1. The zero-order valence-electron chi connectivity index (χ0n) is 11.3. The number of thioether (sulfide) groups is 1. The quantitative estimate of drug-likeness (QED) is 0.901. The van der Waals surface area contributed by atoms with Crippen LogP contribution in [0.1, 0.15) is 24.3 Å². The Bertz CT molecular complexity index is 471. The molecule has 0 bridgehead atoms. The van der Waals surface area contributed by atoms with Crippen molar-refractivity contribution in [2.24, 2.45) is 0 Å². The maximum absolute atomic E-state index is 12.7. The third-order valence-corrected chi connectivity index (χ3v) is 5.33. The zero-order valence-corrected chi connectivity index (χ0v) is 12.1. The Morgan fingerprint density at radius 3 is 3.00 bits per heavy atom. The maximum atomic E-state index is 12.7. The van der Waals surface area contributed by atoms with Crippen LogP contribution in [0, 0.1) is 0 Å². The summed E-state index contributed by atoms with van der Waals surface area (Å²) in [5, 5.41) is 3.38. The molecule has 3 rings (SSSR count). The van der Waals surface area contributed by atoms with Crippen LogP contribution in [0.5, 0.6) is 0 Å². The van der Waals surface area contributed by atoms with Crippen LogP contribution in [0.3, 0.4) is 0 Å². The number of fused-ring (bicyclic) bond motifs is 1. The second-order valence-electron chi connectivity index (χ2n) is 5.32. The predicted octanol–water partition coefficient (Wildman–Crippen LogP) is 2.55. The molecule has 1 N–H and O–H groups in total. The number of nitrogens with zero attached hydrogens (tertiary/aromatic N) is 1. The number of carbonyl (C=O) groups excluding carboxylic acids is 1. The van der Waals surface area contributed by atoms with Crippen LogP contribution >= 0.6 is 11.8 Å². The van der Waals surface area contributed by atoms with Crippen LogP contribution in [0.25, 0.3) is 0 Å². The first kappa shape index (κ1) is 12.9. The molecule has 19 heavy (non-hydrogen) atoms. The van der Waals surface area contributed by atoms with Gasteiger partial charge < -0.3 is 10.2 Å². The van der Waals surface area contributed by atoms with E-state index in [0.29, 0.717) is 11.9 Å². The first-order valence-electron chi connectivity index (χ1n) is 6.94. The molecule has 2 heterocycles. The number of para-hydroxylation sites is 1. The van der Waals surface area contributed by atoms with Crippen molar-refractivity contribution >= 4 is 23.4 Å². The van der Waals surface area contributed by atoms with Crippen LogP contribution in [-0.4, -0.2) is 41.9 Å². The first-order chi connectivity index (χ1) is 9.27. The van der Waals surface area contributed by atoms with Gasteiger partial charge in [0.2, 0.25) is 5.91 Å². The Labute approximate surface area is 118 Å². The highest BCUT2D eigenvalue weighted by Crippen LogP contribution is 2.33. The van der Waals surface area contributed by atoms with Gasteiger partial charge in [0, 0.05) is 31.1 Å². The first-order valence-corrected chi connectivity index (χ1v) is 8.10. The molecule has 0 aromatic heterocycles. The third-order valence-electron chi connectivity index (χ3n) is 4.18. The van der Waals surface area contributed by atoms with Crippen molar-refractivity contribution in [3.8, 4) is 0 Å². The number of amides is 1. The molecule has 0 spiro atoms. The molecule has 2 unspecified atom stereocenters. The molecular formula is C15H20N2OS. The largest absolute Gasteiger partial charge is 0.385 e. The van der Waals surface area contributed by atoms with Gasteiger partial charge in [-0.2, -0.15) is 11.8 Å². The molecule has 2 aliphatic heterocycles. The highest BCUT2D eigenvalue weighted by molar-refractivity contribution is 7.99. The van der Waals surface area contributed by atoms with E-state index in [-0.39, 0.29) is 5.92 Å². The molecule has 1 aromatic carbocycles. The standard InChI is InChI=1S/C15H20N2OS/c1-17(11-7-9-19-10-11)15(18)13-6-8-16-14-5-3-2-4-12(13)14/h2-5,11,13,16H,6-10H2,1H3. The Morgan fingerprint density at radius 1 is 1.37 bits per heavy atom. The lowest BCUT2D eigenvalue weighted by molar-refractivity contribution is -0.133. The number of likely N-dealkylation sites (N-methyl/N-ethyl adjacent to an activating group) is 1. The smallest absolute Gasteiger partial charge is 0.230 e. The van der Waals surface area contributed by atoms with Gasteiger partial charge in [-0.1, -0.05) is 18.2 Å². The van der Waals surface area contributed by atoms with E-state index in [1.807, 2.05) is 35.8 Å². The van der Waals surface area contributed by atoms with E-state index in [1.54, 1.807) is 0 Å². The average molecular weight is 276 g/mol. The van der Waals surface area contributed by atoms with E-state index in [1.165, 1.54) is 5.75 Å². The molecule has 0 radical (unpaired) electrons. The number of hydrogen-bond acceptors (Lipinski definition) is 3. The van der Waals surface area contributed by atoms with Crippen LogP contribution in [0.4, 0.5) is 5.69 Å². The van der Waals surface area contributed by atoms with Crippen LogP contribution in [-0.2, 0) is 4.79 Å².